The van der Waals surface area contributed by atoms with Gasteiger partial charge in [-0.15, -0.1) is 0 Å². The van der Waals surface area contributed by atoms with Crippen molar-refractivity contribution < 1.29 is 4.74 Å². The molecule has 0 amide bonds. The predicted octanol–water partition coefficient (Wildman–Crippen LogP) is 2.66. The minimum Gasteiger partial charge on any atom is -0.473 e. The number of ether oxygens (including phenoxy) is 1. The number of aromatic nitrogens is 2. The Morgan fingerprint density at radius 2 is 2.08 bits per heavy atom. The Kier molecular flexibility index (Phi) is 3.66. The van der Waals surface area contributed by atoms with Crippen LogP contribution >= 0.6 is 15.9 Å². The van der Waals surface area contributed by atoms with Crippen molar-refractivity contribution in [2.45, 2.75) is 26.9 Å². The zero-order valence-corrected chi connectivity index (χ0v) is 9.58. The summed E-state index contributed by atoms with van der Waals surface area (Å²) < 4.78 is 6.40. The van der Waals surface area contributed by atoms with Crippen LogP contribution < -0.4 is 4.74 Å². The molecule has 0 aliphatic carbocycles. The number of hydrogen-bond donors (Lipinski definition) is 0. The van der Waals surface area contributed by atoms with Crippen molar-refractivity contribution in [3.63, 3.8) is 0 Å². The van der Waals surface area contributed by atoms with Gasteiger partial charge in [0, 0.05) is 6.20 Å². The van der Waals surface area contributed by atoms with E-state index in [1.165, 1.54) is 6.33 Å². The minimum atomic E-state index is 0.159. The van der Waals surface area contributed by atoms with E-state index in [9.17, 15) is 0 Å². The Morgan fingerprint density at radius 1 is 1.38 bits per heavy atom. The molecular formula is C9H13BrN2O. The first-order chi connectivity index (χ1) is 6.11. The van der Waals surface area contributed by atoms with Gasteiger partial charge in [-0.1, -0.05) is 13.8 Å². The van der Waals surface area contributed by atoms with Gasteiger partial charge in [-0.05, 0) is 28.8 Å². The Labute approximate surface area is 86.7 Å². The fraction of sp³-hybridized carbons (Fsp3) is 0.556. The molecule has 4 heteroatoms. The first-order valence-electron chi connectivity index (χ1n) is 4.23. The van der Waals surface area contributed by atoms with Crippen LogP contribution in [0.1, 0.15) is 20.8 Å². The first-order valence-corrected chi connectivity index (χ1v) is 5.02. The van der Waals surface area contributed by atoms with E-state index in [-0.39, 0.29) is 6.10 Å². The van der Waals surface area contributed by atoms with Crippen LogP contribution in [0.3, 0.4) is 0 Å². The molecule has 0 saturated carbocycles. The van der Waals surface area contributed by atoms with Gasteiger partial charge in [0.25, 0.3) is 0 Å². The van der Waals surface area contributed by atoms with E-state index in [1.807, 2.05) is 6.92 Å². The molecule has 72 valence electrons. The largest absolute Gasteiger partial charge is 0.473 e. The molecule has 0 radical (unpaired) electrons. The second kappa shape index (κ2) is 4.56. The quantitative estimate of drug-likeness (QED) is 0.821. The molecule has 1 aromatic heterocycles. The van der Waals surface area contributed by atoms with Crippen LogP contribution in [0.25, 0.3) is 0 Å². The Hall–Kier alpha value is -0.640. The van der Waals surface area contributed by atoms with Crippen LogP contribution in [0.2, 0.25) is 0 Å². The maximum Gasteiger partial charge on any atom is 0.231 e. The van der Waals surface area contributed by atoms with Crippen LogP contribution in [0.5, 0.6) is 5.88 Å². The van der Waals surface area contributed by atoms with E-state index in [0.717, 1.165) is 4.47 Å². The third kappa shape index (κ3) is 2.95. The normalized spacial score (nSPS) is 13.0. The average Bonchev–Trinajstić information content (AvgIpc) is 2.08. The molecule has 1 atom stereocenters. The van der Waals surface area contributed by atoms with E-state index < -0.39 is 0 Å². The molecule has 0 spiro atoms. The fourth-order valence-corrected chi connectivity index (χ4v) is 1.01. The standard InChI is InChI=1S/C9H13BrN2O/c1-6(2)7(3)13-9-8(10)4-11-5-12-9/h4-7H,1-3H3. The van der Waals surface area contributed by atoms with Crippen LogP contribution in [-0.2, 0) is 0 Å². The van der Waals surface area contributed by atoms with E-state index in [2.05, 4.69) is 39.7 Å². The summed E-state index contributed by atoms with van der Waals surface area (Å²) in [5.41, 5.74) is 0. The zero-order valence-electron chi connectivity index (χ0n) is 7.99. The first kappa shape index (κ1) is 10.4. The molecule has 1 aromatic rings. The van der Waals surface area contributed by atoms with Crippen molar-refractivity contribution in [3.8, 4) is 5.88 Å². The van der Waals surface area contributed by atoms with Crippen LogP contribution in [-0.4, -0.2) is 16.1 Å². The number of hydrogen-bond acceptors (Lipinski definition) is 3. The number of halogens is 1. The SMILES string of the molecule is CC(C)C(C)Oc1ncncc1Br. The highest BCUT2D eigenvalue weighted by Gasteiger charge is 2.11. The van der Waals surface area contributed by atoms with E-state index >= 15 is 0 Å². The van der Waals surface area contributed by atoms with Gasteiger partial charge in [0.15, 0.2) is 0 Å². The van der Waals surface area contributed by atoms with E-state index in [1.54, 1.807) is 6.20 Å². The fourth-order valence-electron chi connectivity index (χ4n) is 0.700. The molecule has 1 heterocycles. The molecule has 1 unspecified atom stereocenters. The summed E-state index contributed by atoms with van der Waals surface area (Å²) >= 11 is 3.32. The Morgan fingerprint density at radius 3 is 2.62 bits per heavy atom. The molecule has 0 bridgehead atoms. The average molecular weight is 245 g/mol. The molecule has 0 fully saturated rings. The van der Waals surface area contributed by atoms with Crippen LogP contribution in [0, 0.1) is 5.92 Å². The summed E-state index contributed by atoms with van der Waals surface area (Å²) in [6.07, 6.45) is 3.31. The van der Waals surface area contributed by atoms with Gasteiger partial charge >= 0.3 is 0 Å². The van der Waals surface area contributed by atoms with Crippen LogP contribution in [0.15, 0.2) is 17.0 Å². The highest BCUT2D eigenvalue weighted by atomic mass is 79.9. The third-order valence-corrected chi connectivity index (χ3v) is 2.41. The molecular weight excluding hydrogens is 232 g/mol. The van der Waals surface area contributed by atoms with Gasteiger partial charge in [-0.2, -0.15) is 0 Å². The summed E-state index contributed by atoms with van der Waals surface area (Å²) in [6, 6.07) is 0. The molecule has 0 saturated heterocycles. The van der Waals surface area contributed by atoms with Crippen molar-refractivity contribution in [1.82, 2.24) is 9.97 Å². The van der Waals surface area contributed by atoms with E-state index in [4.69, 9.17) is 4.74 Å². The van der Waals surface area contributed by atoms with Crippen molar-refractivity contribution in [2.75, 3.05) is 0 Å². The Balaban J connectivity index is 2.69. The van der Waals surface area contributed by atoms with Crippen molar-refractivity contribution in [3.05, 3.63) is 17.0 Å². The lowest BCUT2D eigenvalue weighted by atomic mass is 10.1. The molecule has 1 rings (SSSR count). The van der Waals surface area contributed by atoms with Crippen molar-refractivity contribution in [1.29, 1.82) is 0 Å². The van der Waals surface area contributed by atoms with Crippen molar-refractivity contribution >= 4 is 15.9 Å². The lowest BCUT2D eigenvalue weighted by Crippen LogP contribution is -2.19. The minimum absolute atomic E-state index is 0.159. The summed E-state index contributed by atoms with van der Waals surface area (Å²) in [7, 11) is 0. The van der Waals surface area contributed by atoms with E-state index in [0.29, 0.717) is 11.8 Å². The topological polar surface area (TPSA) is 35.0 Å². The highest BCUT2D eigenvalue weighted by molar-refractivity contribution is 9.10. The van der Waals surface area contributed by atoms with Gasteiger partial charge in [0.05, 0.1) is 10.6 Å². The molecule has 13 heavy (non-hydrogen) atoms. The summed E-state index contributed by atoms with van der Waals surface area (Å²) in [6.45, 7) is 6.25. The van der Waals surface area contributed by atoms with Crippen molar-refractivity contribution in [2.24, 2.45) is 5.92 Å². The predicted molar refractivity (Wildman–Crippen MR) is 54.7 cm³/mol. The maximum absolute atomic E-state index is 5.61. The summed E-state index contributed by atoms with van der Waals surface area (Å²) in [4.78, 5) is 7.88. The van der Waals surface area contributed by atoms with Gasteiger partial charge in [-0.3, -0.25) is 0 Å². The van der Waals surface area contributed by atoms with Crippen LogP contribution in [0.4, 0.5) is 0 Å². The number of nitrogens with zero attached hydrogens (tertiary/aromatic N) is 2. The second-order valence-electron chi connectivity index (χ2n) is 3.24. The highest BCUT2D eigenvalue weighted by Crippen LogP contribution is 2.22. The molecule has 0 aliphatic heterocycles. The van der Waals surface area contributed by atoms with Gasteiger partial charge in [0.1, 0.15) is 6.33 Å². The molecule has 0 aliphatic rings. The molecule has 0 aromatic carbocycles. The monoisotopic (exact) mass is 244 g/mol. The lowest BCUT2D eigenvalue weighted by molar-refractivity contribution is 0.162. The number of rotatable bonds is 3. The van der Waals surface area contributed by atoms with Gasteiger partial charge < -0.3 is 4.74 Å². The Bertz CT molecular complexity index is 278. The van der Waals surface area contributed by atoms with Gasteiger partial charge in [-0.25, -0.2) is 9.97 Å². The second-order valence-corrected chi connectivity index (χ2v) is 4.10. The zero-order chi connectivity index (χ0) is 9.84. The van der Waals surface area contributed by atoms with Gasteiger partial charge in [0.2, 0.25) is 5.88 Å². The third-order valence-electron chi connectivity index (χ3n) is 1.87. The summed E-state index contributed by atoms with van der Waals surface area (Å²) in [5.74, 6) is 1.08. The summed E-state index contributed by atoms with van der Waals surface area (Å²) in [5, 5.41) is 0. The smallest absolute Gasteiger partial charge is 0.231 e. The maximum atomic E-state index is 5.61. The lowest BCUT2D eigenvalue weighted by Gasteiger charge is -2.17. The molecule has 3 nitrogen and oxygen atoms in total. The molecule has 0 N–H and O–H groups in total.